The van der Waals surface area contributed by atoms with Crippen LogP contribution < -0.4 is 15.4 Å². The number of carbonyl (C=O) groups is 1. The van der Waals surface area contributed by atoms with Crippen LogP contribution in [-0.2, 0) is 11.3 Å². The Morgan fingerprint density at radius 1 is 1.10 bits per heavy atom. The van der Waals surface area contributed by atoms with Crippen molar-refractivity contribution in [2.45, 2.75) is 13.0 Å². The average molecular weight is 425 g/mol. The van der Waals surface area contributed by atoms with Gasteiger partial charge in [0.2, 0.25) is 0 Å². The molecule has 1 heterocycles. The van der Waals surface area contributed by atoms with Gasteiger partial charge in [-0.05, 0) is 36.2 Å². The number of benzene rings is 2. The van der Waals surface area contributed by atoms with Crippen molar-refractivity contribution in [1.82, 2.24) is 15.5 Å². The maximum absolute atomic E-state index is 12.2. The van der Waals surface area contributed by atoms with Crippen molar-refractivity contribution in [3.05, 3.63) is 65.7 Å². The molecule has 0 spiro atoms. The lowest BCUT2D eigenvalue weighted by Crippen LogP contribution is -2.43. The van der Waals surface area contributed by atoms with E-state index in [1.165, 1.54) is 5.56 Å². The van der Waals surface area contributed by atoms with Crippen LogP contribution in [0.5, 0.6) is 5.75 Å². The summed E-state index contributed by atoms with van der Waals surface area (Å²) in [5.74, 6) is 1.99. The standard InChI is InChI=1S/C24H32N4O3/c1-25-24(27-14-13-26-23(29)21-8-10-22(30-2)11-9-21)28-15-12-20(16-28)18-31-17-19-6-4-3-5-7-19/h3-11,20H,12-18H2,1-2H3,(H,25,27)(H,26,29). The molecule has 1 fully saturated rings. The summed E-state index contributed by atoms with van der Waals surface area (Å²) in [7, 11) is 3.39. The molecule has 0 saturated carbocycles. The number of guanidine groups is 1. The van der Waals surface area contributed by atoms with Gasteiger partial charge in [0, 0.05) is 44.7 Å². The van der Waals surface area contributed by atoms with Gasteiger partial charge in [0.1, 0.15) is 5.75 Å². The Bertz CT molecular complexity index is 840. The molecule has 0 bridgehead atoms. The van der Waals surface area contributed by atoms with E-state index < -0.39 is 0 Å². The molecule has 7 nitrogen and oxygen atoms in total. The van der Waals surface area contributed by atoms with Crippen LogP contribution in [0.15, 0.2) is 59.6 Å². The SMILES string of the molecule is CN=C(NCCNC(=O)c1ccc(OC)cc1)N1CCC(COCc2ccccc2)C1. The Labute approximate surface area is 184 Å². The minimum Gasteiger partial charge on any atom is -0.497 e. The summed E-state index contributed by atoms with van der Waals surface area (Å²) >= 11 is 0. The molecular weight excluding hydrogens is 392 g/mol. The third kappa shape index (κ3) is 7.00. The third-order valence-corrected chi connectivity index (χ3v) is 5.31. The number of rotatable bonds is 9. The van der Waals surface area contributed by atoms with E-state index in [0.29, 0.717) is 31.2 Å². The van der Waals surface area contributed by atoms with Crippen molar-refractivity contribution in [2.75, 3.05) is 46.9 Å². The van der Waals surface area contributed by atoms with E-state index in [4.69, 9.17) is 9.47 Å². The van der Waals surface area contributed by atoms with Crippen LogP contribution in [0.2, 0.25) is 0 Å². The third-order valence-electron chi connectivity index (χ3n) is 5.31. The van der Waals surface area contributed by atoms with Gasteiger partial charge in [0.05, 0.1) is 20.3 Å². The van der Waals surface area contributed by atoms with Crippen molar-refractivity contribution in [2.24, 2.45) is 10.9 Å². The van der Waals surface area contributed by atoms with Crippen molar-refractivity contribution in [3.63, 3.8) is 0 Å². The van der Waals surface area contributed by atoms with E-state index in [-0.39, 0.29) is 5.91 Å². The Balaban J connectivity index is 1.34. The molecule has 1 atom stereocenters. The summed E-state index contributed by atoms with van der Waals surface area (Å²) < 4.78 is 11.0. The lowest BCUT2D eigenvalue weighted by molar-refractivity contribution is 0.0906. The highest BCUT2D eigenvalue weighted by molar-refractivity contribution is 5.94. The zero-order chi connectivity index (χ0) is 21.9. The molecule has 166 valence electrons. The number of ether oxygens (including phenoxy) is 2. The Morgan fingerprint density at radius 3 is 2.55 bits per heavy atom. The van der Waals surface area contributed by atoms with Gasteiger partial charge in [-0.15, -0.1) is 0 Å². The lowest BCUT2D eigenvalue weighted by Gasteiger charge is -2.22. The molecule has 2 aromatic rings. The number of nitrogens with one attached hydrogen (secondary N) is 2. The van der Waals surface area contributed by atoms with E-state index in [1.54, 1.807) is 38.4 Å². The Hall–Kier alpha value is -3.06. The van der Waals surface area contributed by atoms with Gasteiger partial charge in [-0.2, -0.15) is 0 Å². The normalized spacial score (nSPS) is 16.3. The predicted molar refractivity (Wildman–Crippen MR) is 122 cm³/mol. The van der Waals surface area contributed by atoms with Crippen LogP contribution in [-0.4, -0.2) is 63.7 Å². The predicted octanol–water partition coefficient (Wildman–Crippen LogP) is 2.54. The number of hydrogen-bond acceptors (Lipinski definition) is 4. The maximum Gasteiger partial charge on any atom is 0.251 e. The molecule has 0 radical (unpaired) electrons. The Morgan fingerprint density at radius 2 is 1.84 bits per heavy atom. The number of carbonyl (C=O) groups excluding carboxylic acids is 1. The second kappa shape index (κ2) is 12.0. The van der Waals surface area contributed by atoms with Crippen LogP contribution >= 0.6 is 0 Å². The molecule has 7 heteroatoms. The first-order valence-electron chi connectivity index (χ1n) is 10.7. The molecule has 1 unspecified atom stereocenters. The monoisotopic (exact) mass is 424 g/mol. The van der Waals surface area contributed by atoms with Crippen LogP contribution in [0, 0.1) is 5.92 Å². The zero-order valence-electron chi connectivity index (χ0n) is 18.3. The highest BCUT2D eigenvalue weighted by Gasteiger charge is 2.24. The fourth-order valence-corrected chi connectivity index (χ4v) is 3.61. The van der Waals surface area contributed by atoms with Crippen molar-refractivity contribution in [3.8, 4) is 5.75 Å². The van der Waals surface area contributed by atoms with Crippen LogP contribution in [0.1, 0.15) is 22.3 Å². The van der Waals surface area contributed by atoms with E-state index in [1.807, 2.05) is 18.2 Å². The minimum atomic E-state index is -0.101. The fourth-order valence-electron chi connectivity index (χ4n) is 3.61. The molecule has 3 rings (SSSR count). The van der Waals surface area contributed by atoms with Crippen LogP contribution in [0.25, 0.3) is 0 Å². The summed E-state index contributed by atoms with van der Waals surface area (Å²) in [5.41, 5.74) is 1.81. The number of hydrogen-bond donors (Lipinski definition) is 2. The number of nitrogens with zero attached hydrogens (tertiary/aromatic N) is 2. The molecule has 1 aliphatic rings. The molecule has 2 N–H and O–H groups in total. The topological polar surface area (TPSA) is 75.2 Å². The quantitative estimate of drug-likeness (QED) is 0.368. The van der Waals surface area contributed by atoms with E-state index in [9.17, 15) is 4.79 Å². The highest BCUT2D eigenvalue weighted by atomic mass is 16.5. The first kappa shape index (κ1) is 22.6. The van der Waals surface area contributed by atoms with Gasteiger partial charge in [-0.25, -0.2) is 0 Å². The van der Waals surface area contributed by atoms with Gasteiger partial charge < -0.3 is 25.0 Å². The second-order valence-electron chi connectivity index (χ2n) is 7.56. The summed E-state index contributed by atoms with van der Waals surface area (Å²) in [6.45, 7) is 4.41. The van der Waals surface area contributed by atoms with Crippen molar-refractivity contribution < 1.29 is 14.3 Å². The largest absolute Gasteiger partial charge is 0.497 e. The molecule has 2 aromatic carbocycles. The molecular formula is C24H32N4O3. The van der Waals surface area contributed by atoms with Gasteiger partial charge in [0.15, 0.2) is 5.96 Å². The second-order valence-corrected chi connectivity index (χ2v) is 7.56. The molecule has 1 amide bonds. The van der Waals surface area contributed by atoms with Gasteiger partial charge >= 0.3 is 0 Å². The smallest absolute Gasteiger partial charge is 0.251 e. The number of aliphatic imine (C=N–C) groups is 1. The maximum atomic E-state index is 12.2. The highest BCUT2D eigenvalue weighted by Crippen LogP contribution is 2.17. The Kier molecular flexibility index (Phi) is 8.72. The van der Waals surface area contributed by atoms with Crippen LogP contribution in [0.4, 0.5) is 0 Å². The number of amides is 1. The van der Waals surface area contributed by atoms with Gasteiger partial charge in [0.25, 0.3) is 5.91 Å². The lowest BCUT2D eigenvalue weighted by atomic mass is 10.1. The number of methoxy groups -OCH3 is 1. The van der Waals surface area contributed by atoms with Crippen LogP contribution in [0.3, 0.4) is 0 Å². The van der Waals surface area contributed by atoms with E-state index in [2.05, 4.69) is 32.7 Å². The molecule has 31 heavy (non-hydrogen) atoms. The molecule has 0 aliphatic carbocycles. The van der Waals surface area contributed by atoms with Gasteiger partial charge in [-0.3, -0.25) is 9.79 Å². The van der Waals surface area contributed by atoms with E-state index in [0.717, 1.165) is 37.8 Å². The average Bonchev–Trinajstić information content (AvgIpc) is 3.28. The molecule has 0 aromatic heterocycles. The minimum absolute atomic E-state index is 0.101. The fraction of sp³-hybridized carbons (Fsp3) is 0.417. The van der Waals surface area contributed by atoms with Crippen molar-refractivity contribution >= 4 is 11.9 Å². The summed E-state index contributed by atoms with van der Waals surface area (Å²) in [5, 5.41) is 6.26. The van der Waals surface area contributed by atoms with Gasteiger partial charge in [-0.1, -0.05) is 30.3 Å². The summed E-state index contributed by atoms with van der Waals surface area (Å²) in [6.07, 6.45) is 1.09. The summed E-state index contributed by atoms with van der Waals surface area (Å²) in [6, 6.07) is 17.3. The molecule has 1 aliphatic heterocycles. The first-order chi connectivity index (χ1) is 15.2. The van der Waals surface area contributed by atoms with E-state index >= 15 is 0 Å². The zero-order valence-corrected chi connectivity index (χ0v) is 18.3. The summed E-state index contributed by atoms with van der Waals surface area (Å²) in [4.78, 5) is 18.9. The van der Waals surface area contributed by atoms with Crippen molar-refractivity contribution in [1.29, 1.82) is 0 Å². The first-order valence-corrected chi connectivity index (χ1v) is 10.7. The molecule has 1 saturated heterocycles. The number of likely N-dealkylation sites (tertiary alicyclic amines) is 1.